The molecule has 1 N–H and O–H groups in total. The summed E-state index contributed by atoms with van der Waals surface area (Å²) < 4.78 is 11.2. The van der Waals surface area contributed by atoms with Crippen LogP contribution in [0.1, 0.15) is 25.3 Å². The second kappa shape index (κ2) is 5.87. The molecule has 1 saturated heterocycles. The SMILES string of the molecule is CCC(=O)Nc1ccc(C)c(OC2CCOC2)c1. The molecule has 1 unspecified atom stereocenters. The molecule has 1 aromatic carbocycles. The van der Waals surface area contributed by atoms with E-state index in [-0.39, 0.29) is 12.0 Å². The number of ether oxygens (including phenoxy) is 2. The zero-order valence-corrected chi connectivity index (χ0v) is 10.9. The lowest BCUT2D eigenvalue weighted by Gasteiger charge is -2.15. The number of hydrogen-bond donors (Lipinski definition) is 1. The molecule has 0 aromatic heterocycles. The summed E-state index contributed by atoms with van der Waals surface area (Å²) in [7, 11) is 0. The normalized spacial score (nSPS) is 18.7. The van der Waals surface area contributed by atoms with Gasteiger partial charge in [-0.25, -0.2) is 0 Å². The van der Waals surface area contributed by atoms with E-state index in [1.54, 1.807) is 0 Å². The van der Waals surface area contributed by atoms with Gasteiger partial charge in [0.1, 0.15) is 11.9 Å². The van der Waals surface area contributed by atoms with Gasteiger partial charge in [0, 0.05) is 24.6 Å². The molecular formula is C14H19NO3. The molecule has 0 bridgehead atoms. The minimum atomic E-state index is 0.00834. The van der Waals surface area contributed by atoms with E-state index in [0.717, 1.165) is 30.0 Å². The van der Waals surface area contributed by atoms with E-state index in [2.05, 4.69) is 5.32 Å². The Labute approximate surface area is 107 Å². The molecule has 98 valence electrons. The van der Waals surface area contributed by atoms with Crippen LogP contribution in [0.25, 0.3) is 0 Å². The summed E-state index contributed by atoms with van der Waals surface area (Å²) in [5.74, 6) is 0.827. The summed E-state index contributed by atoms with van der Waals surface area (Å²) in [5.41, 5.74) is 1.85. The van der Waals surface area contributed by atoms with Crippen molar-refractivity contribution in [1.29, 1.82) is 0 Å². The molecule has 0 radical (unpaired) electrons. The number of benzene rings is 1. The lowest BCUT2D eigenvalue weighted by molar-refractivity contribution is -0.115. The maximum absolute atomic E-state index is 11.4. The predicted octanol–water partition coefficient (Wildman–Crippen LogP) is 2.51. The number of anilines is 1. The van der Waals surface area contributed by atoms with Crippen LogP contribution in [0, 0.1) is 6.92 Å². The summed E-state index contributed by atoms with van der Waals surface area (Å²) >= 11 is 0. The molecule has 0 aliphatic carbocycles. The first kappa shape index (κ1) is 12.9. The number of rotatable bonds is 4. The maximum Gasteiger partial charge on any atom is 0.224 e. The van der Waals surface area contributed by atoms with Crippen molar-refractivity contribution in [2.45, 2.75) is 32.8 Å². The highest BCUT2D eigenvalue weighted by Gasteiger charge is 2.18. The standard InChI is InChI=1S/C14H19NO3/c1-3-14(16)15-11-5-4-10(2)13(8-11)18-12-6-7-17-9-12/h4-5,8,12H,3,6-7,9H2,1-2H3,(H,15,16). The Balaban J connectivity index is 2.08. The fourth-order valence-corrected chi connectivity index (χ4v) is 1.84. The van der Waals surface area contributed by atoms with Gasteiger partial charge in [-0.1, -0.05) is 13.0 Å². The summed E-state index contributed by atoms with van der Waals surface area (Å²) in [4.78, 5) is 11.4. The Kier molecular flexibility index (Phi) is 4.20. The van der Waals surface area contributed by atoms with Crippen LogP contribution in [0.3, 0.4) is 0 Å². The topological polar surface area (TPSA) is 47.6 Å². The van der Waals surface area contributed by atoms with Gasteiger partial charge >= 0.3 is 0 Å². The molecule has 1 atom stereocenters. The molecule has 0 saturated carbocycles. The van der Waals surface area contributed by atoms with E-state index in [4.69, 9.17) is 9.47 Å². The van der Waals surface area contributed by atoms with E-state index < -0.39 is 0 Å². The number of aryl methyl sites for hydroxylation is 1. The largest absolute Gasteiger partial charge is 0.488 e. The van der Waals surface area contributed by atoms with Gasteiger partial charge in [-0.05, 0) is 18.6 Å². The van der Waals surface area contributed by atoms with Crippen molar-refractivity contribution in [3.63, 3.8) is 0 Å². The summed E-state index contributed by atoms with van der Waals surface area (Å²) in [6.07, 6.45) is 1.52. The third-order valence-corrected chi connectivity index (χ3v) is 2.97. The Morgan fingerprint density at radius 3 is 3.06 bits per heavy atom. The van der Waals surface area contributed by atoms with Crippen LogP contribution in [0.5, 0.6) is 5.75 Å². The number of carbonyl (C=O) groups excluding carboxylic acids is 1. The predicted molar refractivity (Wildman–Crippen MR) is 70.0 cm³/mol. The van der Waals surface area contributed by atoms with Crippen molar-refractivity contribution in [3.8, 4) is 5.75 Å². The van der Waals surface area contributed by atoms with Crippen molar-refractivity contribution in [1.82, 2.24) is 0 Å². The second-order valence-corrected chi connectivity index (χ2v) is 4.49. The number of hydrogen-bond acceptors (Lipinski definition) is 3. The van der Waals surface area contributed by atoms with Crippen LogP contribution in [-0.4, -0.2) is 25.2 Å². The molecule has 1 fully saturated rings. The van der Waals surface area contributed by atoms with E-state index in [1.807, 2.05) is 32.0 Å². The molecule has 1 amide bonds. The monoisotopic (exact) mass is 249 g/mol. The van der Waals surface area contributed by atoms with E-state index in [1.165, 1.54) is 0 Å². The highest BCUT2D eigenvalue weighted by atomic mass is 16.5. The minimum absolute atomic E-state index is 0.00834. The Hall–Kier alpha value is -1.55. The molecule has 1 aromatic rings. The van der Waals surface area contributed by atoms with E-state index in [9.17, 15) is 4.79 Å². The zero-order valence-electron chi connectivity index (χ0n) is 10.9. The first-order chi connectivity index (χ1) is 8.69. The minimum Gasteiger partial charge on any atom is -0.488 e. The van der Waals surface area contributed by atoms with E-state index >= 15 is 0 Å². The average Bonchev–Trinajstić information content (AvgIpc) is 2.86. The third kappa shape index (κ3) is 3.23. The zero-order chi connectivity index (χ0) is 13.0. The van der Waals surface area contributed by atoms with Crippen molar-refractivity contribution < 1.29 is 14.3 Å². The Bertz CT molecular complexity index is 425. The van der Waals surface area contributed by atoms with Crippen LogP contribution in [-0.2, 0) is 9.53 Å². The van der Waals surface area contributed by atoms with Gasteiger partial charge < -0.3 is 14.8 Å². The quantitative estimate of drug-likeness (QED) is 0.892. The van der Waals surface area contributed by atoms with Crippen LogP contribution in [0.2, 0.25) is 0 Å². The highest BCUT2D eigenvalue weighted by molar-refractivity contribution is 5.90. The Morgan fingerprint density at radius 1 is 1.56 bits per heavy atom. The smallest absolute Gasteiger partial charge is 0.224 e. The van der Waals surface area contributed by atoms with Crippen LogP contribution >= 0.6 is 0 Å². The molecule has 18 heavy (non-hydrogen) atoms. The molecular weight excluding hydrogens is 230 g/mol. The van der Waals surface area contributed by atoms with Gasteiger partial charge in [0.15, 0.2) is 0 Å². The summed E-state index contributed by atoms with van der Waals surface area (Å²) in [5, 5.41) is 2.83. The van der Waals surface area contributed by atoms with Crippen LogP contribution in [0.15, 0.2) is 18.2 Å². The lowest BCUT2D eigenvalue weighted by Crippen LogP contribution is -2.16. The Morgan fingerprint density at radius 2 is 2.39 bits per heavy atom. The summed E-state index contributed by atoms with van der Waals surface area (Å²) in [6, 6.07) is 5.72. The van der Waals surface area contributed by atoms with Gasteiger partial charge in [-0.15, -0.1) is 0 Å². The molecule has 1 heterocycles. The lowest BCUT2D eigenvalue weighted by atomic mass is 10.2. The van der Waals surface area contributed by atoms with Gasteiger partial charge in [0.2, 0.25) is 5.91 Å². The van der Waals surface area contributed by atoms with Crippen LogP contribution in [0.4, 0.5) is 5.69 Å². The number of amides is 1. The fourth-order valence-electron chi connectivity index (χ4n) is 1.84. The number of nitrogens with one attached hydrogen (secondary N) is 1. The van der Waals surface area contributed by atoms with Crippen molar-refractivity contribution in [2.75, 3.05) is 18.5 Å². The molecule has 0 spiro atoms. The van der Waals surface area contributed by atoms with Crippen molar-refractivity contribution >= 4 is 11.6 Å². The van der Waals surface area contributed by atoms with Gasteiger partial charge in [-0.2, -0.15) is 0 Å². The molecule has 1 aliphatic heterocycles. The fraction of sp³-hybridized carbons (Fsp3) is 0.500. The average molecular weight is 249 g/mol. The first-order valence-corrected chi connectivity index (χ1v) is 6.34. The van der Waals surface area contributed by atoms with Gasteiger partial charge in [-0.3, -0.25) is 4.79 Å². The second-order valence-electron chi connectivity index (χ2n) is 4.49. The van der Waals surface area contributed by atoms with Crippen molar-refractivity contribution in [3.05, 3.63) is 23.8 Å². The third-order valence-electron chi connectivity index (χ3n) is 2.97. The van der Waals surface area contributed by atoms with Gasteiger partial charge in [0.25, 0.3) is 0 Å². The van der Waals surface area contributed by atoms with Gasteiger partial charge in [0.05, 0.1) is 13.2 Å². The van der Waals surface area contributed by atoms with Crippen molar-refractivity contribution in [2.24, 2.45) is 0 Å². The first-order valence-electron chi connectivity index (χ1n) is 6.34. The maximum atomic E-state index is 11.4. The molecule has 1 aliphatic rings. The molecule has 4 nitrogen and oxygen atoms in total. The summed E-state index contributed by atoms with van der Waals surface area (Å²) in [6.45, 7) is 5.23. The molecule has 2 rings (SSSR count). The highest BCUT2D eigenvalue weighted by Crippen LogP contribution is 2.25. The molecule has 4 heteroatoms. The number of carbonyl (C=O) groups is 1. The van der Waals surface area contributed by atoms with Crippen LogP contribution < -0.4 is 10.1 Å². The van der Waals surface area contributed by atoms with E-state index in [0.29, 0.717) is 13.0 Å².